The van der Waals surface area contributed by atoms with E-state index in [1.807, 2.05) is 4.90 Å². The number of carbonyl (C=O) groups is 3. The number of fused-ring (bicyclic) bond motifs is 1. The van der Waals surface area contributed by atoms with Crippen molar-refractivity contribution in [3.63, 3.8) is 0 Å². The van der Waals surface area contributed by atoms with E-state index >= 15 is 0 Å². The third kappa shape index (κ3) is 7.40. The lowest BCUT2D eigenvalue weighted by atomic mass is 9.96. The van der Waals surface area contributed by atoms with Crippen LogP contribution < -0.4 is 10.6 Å². The van der Waals surface area contributed by atoms with Gasteiger partial charge in [0.05, 0.1) is 15.6 Å². The number of phenols is 1. The number of guanidine groups is 1. The summed E-state index contributed by atoms with van der Waals surface area (Å²) in [5.74, 6) is -1.66. The normalized spacial score (nSPS) is 16.1. The average molecular weight is 616 g/mol. The molecular weight excluding hydrogens is 583 g/mol. The lowest BCUT2D eigenvalue weighted by Gasteiger charge is -2.30. The molecule has 11 nitrogen and oxygen atoms in total. The van der Waals surface area contributed by atoms with Crippen molar-refractivity contribution in [2.24, 2.45) is 9.98 Å². The van der Waals surface area contributed by atoms with Crippen LogP contribution >= 0.6 is 23.2 Å². The number of para-hydroxylation sites is 1. The molecule has 1 atom stereocenters. The van der Waals surface area contributed by atoms with Crippen LogP contribution in [0.2, 0.25) is 10.0 Å². The van der Waals surface area contributed by atoms with E-state index in [2.05, 4.69) is 20.6 Å². The van der Waals surface area contributed by atoms with Gasteiger partial charge in [-0.05, 0) is 48.6 Å². The number of phenolic OH excluding ortho intramolecular Hbond substituents is 1. The van der Waals surface area contributed by atoms with Gasteiger partial charge in [0.25, 0.3) is 5.91 Å². The predicted octanol–water partition coefficient (Wildman–Crippen LogP) is 3.18. The summed E-state index contributed by atoms with van der Waals surface area (Å²) in [5, 5.41) is 25.4. The summed E-state index contributed by atoms with van der Waals surface area (Å²) in [6.45, 7) is 2.01. The number of carboxylic acids is 1. The molecule has 2 amide bonds. The molecule has 0 radical (unpaired) electrons. The highest BCUT2D eigenvalue weighted by Crippen LogP contribution is 2.35. The number of carboxylic acid groups (broad SMARTS) is 1. The van der Waals surface area contributed by atoms with Crippen LogP contribution in [-0.4, -0.2) is 89.4 Å². The minimum absolute atomic E-state index is 0.0193. The summed E-state index contributed by atoms with van der Waals surface area (Å²) in [6.07, 6.45) is 6.69. The second-order valence-corrected chi connectivity index (χ2v) is 10.6. The number of aliphatic imine (C=N–C) groups is 2. The Morgan fingerprint density at radius 1 is 1.12 bits per heavy atom. The van der Waals surface area contributed by atoms with Crippen LogP contribution in [0, 0.1) is 0 Å². The molecule has 0 aromatic heterocycles. The van der Waals surface area contributed by atoms with Crippen molar-refractivity contribution in [3.8, 4) is 5.75 Å². The molecule has 42 heavy (non-hydrogen) atoms. The van der Waals surface area contributed by atoms with Gasteiger partial charge in [0.1, 0.15) is 18.1 Å². The number of hydrogen-bond acceptors (Lipinski definition) is 5. The second-order valence-electron chi connectivity index (χ2n) is 9.85. The molecule has 13 heteroatoms. The van der Waals surface area contributed by atoms with Gasteiger partial charge < -0.3 is 30.6 Å². The SMILES string of the molecule is C/N=C\N=C(/NC[C@H](NC(=O)c1c(Cl)cc2c(c1Cl)CCN(C(=O)/C=C/c1ccccc1O)C2)C(=O)O)N1CCCC1. The van der Waals surface area contributed by atoms with Crippen LogP contribution in [0.25, 0.3) is 6.08 Å². The number of amides is 2. The van der Waals surface area contributed by atoms with E-state index in [-0.39, 0.29) is 40.4 Å². The number of rotatable bonds is 8. The maximum Gasteiger partial charge on any atom is 0.328 e. The molecule has 2 aromatic rings. The molecule has 2 heterocycles. The van der Waals surface area contributed by atoms with Gasteiger partial charge in [-0.1, -0.05) is 41.4 Å². The van der Waals surface area contributed by atoms with Crippen molar-refractivity contribution in [2.75, 3.05) is 33.2 Å². The van der Waals surface area contributed by atoms with Crippen molar-refractivity contribution in [1.82, 2.24) is 20.4 Å². The Bertz CT molecular complexity index is 1440. The molecule has 1 saturated heterocycles. The number of benzene rings is 2. The minimum Gasteiger partial charge on any atom is -0.507 e. The third-order valence-electron chi connectivity index (χ3n) is 7.05. The Morgan fingerprint density at radius 2 is 1.86 bits per heavy atom. The number of hydrogen-bond donors (Lipinski definition) is 4. The molecule has 4 rings (SSSR count). The monoisotopic (exact) mass is 614 g/mol. The number of halogens is 2. The van der Waals surface area contributed by atoms with E-state index in [9.17, 15) is 24.6 Å². The lowest BCUT2D eigenvalue weighted by molar-refractivity contribution is -0.139. The standard InChI is InChI=1S/C29H32Cl2N6O5/c1-32-17-34-29(36-11-4-5-12-36)33-15-22(28(41)42)35-27(40)25-21(30)14-19-16-37(13-10-20(19)26(25)31)24(39)9-8-18-6-2-3-7-23(18)38/h2-3,6-9,14,17,22,38H,4-5,10-13,15-16H2,1H3,(H,35,40)(H,41,42)(H,32,33,34)/b9-8+/t22-/m0/s1. The fourth-order valence-corrected chi connectivity index (χ4v) is 5.61. The van der Waals surface area contributed by atoms with Gasteiger partial charge in [0.15, 0.2) is 5.96 Å². The van der Waals surface area contributed by atoms with Crippen molar-refractivity contribution < 1.29 is 24.6 Å². The summed E-state index contributed by atoms with van der Waals surface area (Å²) in [5.41, 5.74) is 1.87. The maximum atomic E-state index is 13.3. The number of nitrogens with one attached hydrogen (secondary N) is 2. The largest absolute Gasteiger partial charge is 0.507 e. The Kier molecular flexibility index (Phi) is 10.4. The number of nitrogens with zero attached hydrogens (tertiary/aromatic N) is 4. The Morgan fingerprint density at radius 3 is 2.55 bits per heavy atom. The molecule has 0 aliphatic carbocycles. The molecule has 4 N–H and O–H groups in total. The zero-order chi connectivity index (χ0) is 30.2. The molecule has 2 aliphatic heterocycles. The average Bonchev–Trinajstić information content (AvgIpc) is 3.50. The van der Waals surface area contributed by atoms with E-state index < -0.39 is 17.9 Å². The summed E-state index contributed by atoms with van der Waals surface area (Å²) < 4.78 is 0. The molecular formula is C29H32Cl2N6O5. The number of likely N-dealkylation sites (tertiary alicyclic amines) is 1. The number of carbonyl (C=O) groups excluding carboxylic acids is 2. The smallest absolute Gasteiger partial charge is 0.328 e. The fourth-order valence-electron chi connectivity index (χ4n) is 4.85. The van der Waals surface area contributed by atoms with Gasteiger partial charge in [0.2, 0.25) is 5.91 Å². The van der Waals surface area contributed by atoms with Gasteiger partial charge in [0, 0.05) is 51.4 Å². The second kappa shape index (κ2) is 14.2. The summed E-state index contributed by atoms with van der Waals surface area (Å²) in [4.78, 5) is 49.8. The van der Waals surface area contributed by atoms with Gasteiger partial charge in [-0.15, -0.1) is 0 Å². The van der Waals surface area contributed by atoms with Gasteiger partial charge in [-0.2, -0.15) is 0 Å². The zero-order valence-electron chi connectivity index (χ0n) is 23.0. The minimum atomic E-state index is -1.30. The highest BCUT2D eigenvalue weighted by Gasteiger charge is 2.29. The highest BCUT2D eigenvalue weighted by atomic mass is 35.5. The van der Waals surface area contributed by atoms with Crippen LogP contribution in [0.5, 0.6) is 5.75 Å². The van der Waals surface area contributed by atoms with E-state index in [4.69, 9.17) is 23.2 Å². The molecule has 0 spiro atoms. The molecule has 2 aromatic carbocycles. The number of aliphatic carboxylic acids is 1. The molecule has 0 saturated carbocycles. The molecule has 1 fully saturated rings. The lowest BCUT2D eigenvalue weighted by Crippen LogP contribution is -2.51. The van der Waals surface area contributed by atoms with E-state index in [0.29, 0.717) is 35.6 Å². The maximum absolute atomic E-state index is 13.3. The fraction of sp³-hybridized carbons (Fsp3) is 0.345. The van der Waals surface area contributed by atoms with Gasteiger partial charge >= 0.3 is 5.97 Å². The Balaban J connectivity index is 1.45. The van der Waals surface area contributed by atoms with Crippen LogP contribution in [-0.2, 0) is 22.6 Å². The Labute approximate surface area is 253 Å². The molecule has 0 unspecified atom stereocenters. The van der Waals surface area contributed by atoms with Crippen LogP contribution in [0.15, 0.2) is 46.4 Å². The van der Waals surface area contributed by atoms with Crippen LogP contribution in [0.1, 0.15) is 39.9 Å². The van der Waals surface area contributed by atoms with E-state index in [1.54, 1.807) is 42.3 Å². The predicted molar refractivity (Wildman–Crippen MR) is 162 cm³/mol. The van der Waals surface area contributed by atoms with Crippen molar-refractivity contribution in [2.45, 2.75) is 31.8 Å². The first-order valence-electron chi connectivity index (χ1n) is 13.4. The zero-order valence-corrected chi connectivity index (χ0v) is 24.5. The summed E-state index contributed by atoms with van der Waals surface area (Å²) >= 11 is 13.1. The van der Waals surface area contributed by atoms with E-state index in [0.717, 1.165) is 25.9 Å². The Hall–Kier alpha value is -4.09. The number of aromatic hydroxyl groups is 1. The van der Waals surface area contributed by atoms with Crippen LogP contribution in [0.3, 0.4) is 0 Å². The summed E-state index contributed by atoms with van der Waals surface area (Å²) in [7, 11) is 1.59. The first-order valence-corrected chi connectivity index (χ1v) is 14.2. The first-order chi connectivity index (χ1) is 20.2. The van der Waals surface area contributed by atoms with Crippen LogP contribution in [0.4, 0.5) is 0 Å². The van der Waals surface area contributed by atoms with Gasteiger partial charge in [-0.25, -0.2) is 9.79 Å². The van der Waals surface area contributed by atoms with E-state index in [1.165, 1.54) is 18.5 Å². The topological polar surface area (TPSA) is 147 Å². The van der Waals surface area contributed by atoms with Crippen molar-refractivity contribution in [1.29, 1.82) is 0 Å². The highest BCUT2D eigenvalue weighted by molar-refractivity contribution is 6.40. The van der Waals surface area contributed by atoms with Gasteiger partial charge in [-0.3, -0.25) is 14.6 Å². The summed E-state index contributed by atoms with van der Waals surface area (Å²) in [6, 6.07) is 6.98. The van der Waals surface area contributed by atoms with Crippen molar-refractivity contribution in [3.05, 3.63) is 68.7 Å². The third-order valence-corrected chi connectivity index (χ3v) is 7.77. The quantitative estimate of drug-likeness (QED) is 0.203. The molecule has 0 bridgehead atoms. The van der Waals surface area contributed by atoms with Crippen molar-refractivity contribution >= 4 is 59.4 Å². The first kappa shape index (κ1) is 30.9. The molecule has 2 aliphatic rings. The molecule has 222 valence electrons.